The number of imidazole rings is 1. The Hall–Kier alpha value is -2.82. The lowest BCUT2D eigenvalue weighted by Gasteiger charge is -2.42. The van der Waals surface area contributed by atoms with Gasteiger partial charge in [0.05, 0.1) is 18.1 Å². The second-order valence-corrected chi connectivity index (χ2v) is 8.75. The lowest BCUT2D eigenvalue weighted by molar-refractivity contribution is -0.139. The van der Waals surface area contributed by atoms with Crippen LogP contribution in [0.4, 0.5) is 13.2 Å². The topological polar surface area (TPSA) is 71.1 Å². The van der Waals surface area contributed by atoms with E-state index in [0.717, 1.165) is 25.3 Å². The summed E-state index contributed by atoms with van der Waals surface area (Å²) >= 11 is 3.25. The monoisotopic (exact) mass is 510 g/mol. The highest BCUT2D eigenvalue weighted by molar-refractivity contribution is 9.10. The van der Waals surface area contributed by atoms with Crippen molar-refractivity contribution in [1.29, 1.82) is 0 Å². The standard InChI is InChI=1S/C21H18BrF3N4O3/c22-18-17(20(31)27-5-6-28(16(30)10-27)14-2-1-3-14)26-19-15(21(23,24)25)8-13(9-29(18)19)12-4-7-32-11-12/h4,7-9,11,14H,1-3,5-6,10H2. The van der Waals surface area contributed by atoms with E-state index < -0.39 is 17.6 Å². The Kier molecular flexibility index (Phi) is 5.03. The van der Waals surface area contributed by atoms with Crippen LogP contribution in [0.25, 0.3) is 16.8 Å². The van der Waals surface area contributed by atoms with Crippen molar-refractivity contribution in [2.24, 2.45) is 0 Å². The van der Waals surface area contributed by atoms with E-state index in [1.807, 2.05) is 0 Å². The van der Waals surface area contributed by atoms with Crippen LogP contribution in [0, 0.1) is 0 Å². The number of halogens is 4. The molecular formula is C21H18BrF3N4O3. The van der Waals surface area contributed by atoms with E-state index >= 15 is 0 Å². The molecule has 0 spiro atoms. The van der Waals surface area contributed by atoms with Gasteiger partial charge in [-0.1, -0.05) is 0 Å². The number of carbonyl (C=O) groups excluding carboxylic acids is 2. The molecule has 0 atom stereocenters. The molecule has 0 unspecified atom stereocenters. The first-order chi connectivity index (χ1) is 15.2. The van der Waals surface area contributed by atoms with Crippen molar-refractivity contribution in [2.45, 2.75) is 31.5 Å². The Labute approximate surface area is 188 Å². The van der Waals surface area contributed by atoms with E-state index in [1.54, 1.807) is 11.0 Å². The third-order valence-corrected chi connectivity index (χ3v) is 6.84. The van der Waals surface area contributed by atoms with Crippen LogP contribution in [0.1, 0.15) is 35.3 Å². The summed E-state index contributed by atoms with van der Waals surface area (Å²) in [5.74, 6) is -0.729. The van der Waals surface area contributed by atoms with Crippen molar-refractivity contribution in [3.8, 4) is 11.1 Å². The fourth-order valence-electron chi connectivity index (χ4n) is 4.14. The predicted molar refractivity (Wildman–Crippen MR) is 111 cm³/mol. The first-order valence-corrected chi connectivity index (χ1v) is 10.9. The number of fused-ring (bicyclic) bond motifs is 1. The van der Waals surface area contributed by atoms with Crippen LogP contribution < -0.4 is 0 Å². The molecule has 2 amide bonds. The third-order valence-electron chi connectivity index (χ3n) is 6.08. The minimum absolute atomic E-state index is 0.0993. The molecule has 2 fully saturated rings. The van der Waals surface area contributed by atoms with E-state index in [4.69, 9.17) is 4.42 Å². The predicted octanol–water partition coefficient (Wildman–Crippen LogP) is 4.21. The Balaban J connectivity index is 1.51. The van der Waals surface area contributed by atoms with Gasteiger partial charge in [-0.2, -0.15) is 13.2 Å². The van der Waals surface area contributed by atoms with Gasteiger partial charge in [-0.15, -0.1) is 0 Å². The highest BCUT2D eigenvalue weighted by atomic mass is 79.9. The average molecular weight is 511 g/mol. The number of hydrogen-bond acceptors (Lipinski definition) is 4. The summed E-state index contributed by atoms with van der Waals surface area (Å²) in [5.41, 5.74) is -0.797. The van der Waals surface area contributed by atoms with E-state index in [9.17, 15) is 22.8 Å². The average Bonchev–Trinajstić information content (AvgIpc) is 3.35. The lowest BCUT2D eigenvalue weighted by atomic mass is 9.91. The largest absolute Gasteiger partial charge is 0.472 e. The van der Waals surface area contributed by atoms with Crippen LogP contribution in [0.3, 0.4) is 0 Å². The first-order valence-electron chi connectivity index (χ1n) is 10.1. The van der Waals surface area contributed by atoms with Gasteiger partial charge in [0.1, 0.15) is 11.1 Å². The molecule has 3 aromatic heterocycles. The molecule has 1 aliphatic carbocycles. The quantitative estimate of drug-likeness (QED) is 0.529. The second kappa shape index (κ2) is 7.65. The van der Waals surface area contributed by atoms with Gasteiger partial charge >= 0.3 is 6.18 Å². The van der Waals surface area contributed by atoms with Crippen molar-refractivity contribution in [3.05, 3.63) is 46.7 Å². The summed E-state index contributed by atoms with van der Waals surface area (Å²) in [6.45, 7) is 0.620. The molecule has 168 valence electrons. The summed E-state index contributed by atoms with van der Waals surface area (Å²) in [4.78, 5) is 32.8. The molecule has 0 N–H and O–H groups in total. The number of rotatable bonds is 3. The van der Waals surface area contributed by atoms with Crippen LogP contribution in [0.5, 0.6) is 0 Å². The van der Waals surface area contributed by atoms with Gasteiger partial charge in [0, 0.05) is 36.5 Å². The zero-order valence-electron chi connectivity index (χ0n) is 16.7. The van der Waals surface area contributed by atoms with Crippen LogP contribution in [-0.4, -0.2) is 56.7 Å². The fourth-order valence-corrected chi connectivity index (χ4v) is 4.67. The molecule has 1 saturated carbocycles. The number of aromatic nitrogens is 2. The molecule has 3 aromatic rings. The Morgan fingerprint density at radius 1 is 1.22 bits per heavy atom. The lowest BCUT2D eigenvalue weighted by Crippen LogP contribution is -2.56. The highest BCUT2D eigenvalue weighted by Crippen LogP contribution is 2.37. The van der Waals surface area contributed by atoms with Gasteiger partial charge in [0.25, 0.3) is 5.91 Å². The van der Waals surface area contributed by atoms with Gasteiger partial charge < -0.3 is 14.2 Å². The summed E-state index contributed by atoms with van der Waals surface area (Å²) in [6.07, 6.45) is 2.51. The number of amides is 2. The van der Waals surface area contributed by atoms with Crippen molar-refractivity contribution in [1.82, 2.24) is 19.2 Å². The molecule has 1 saturated heterocycles. The van der Waals surface area contributed by atoms with Crippen LogP contribution in [-0.2, 0) is 11.0 Å². The fraction of sp³-hybridized carbons (Fsp3) is 0.381. The Bertz CT molecular complexity index is 1200. The number of furan rings is 1. The number of piperazine rings is 1. The van der Waals surface area contributed by atoms with Crippen molar-refractivity contribution < 1.29 is 27.2 Å². The third kappa shape index (κ3) is 3.48. The maximum atomic E-state index is 13.8. The van der Waals surface area contributed by atoms with Gasteiger partial charge in [-0.25, -0.2) is 4.98 Å². The van der Waals surface area contributed by atoms with Gasteiger partial charge in [-0.05, 0) is 47.3 Å². The number of hydrogen-bond donors (Lipinski definition) is 0. The number of alkyl halides is 3. The molecule has 0 bridgehead atoms. The van der Waals surface area contributed by atoms with Crippen LogP contribution in [0.2, 0.25) is 0 Å². The normalized spacial score (nSPS) is 17.8. The minimum Gasteiger partial charge on any atom is -0.472 e. The summed E-state index contributed by atoms with van der Waals surface area (Å²) in [6, 6.07) is 2.76. The van der Waals surface area contributed by atoms with Crippen molar-refractivity contribution in [2.75, 3.05) is 19.6 Å². The molecule has 0 radical (unpaired) electrons. The van der Waals surface area contributed by atoms with Crippen molar-refractivity contribution in [3.63, 3.8) is 0 Å². The molecule has 5 rings (SSSR count). The van der Waals surface area contributed by atoms with Gasteiger partial charge in [0.2, 0.25) is 5.91 Å². The zero-order valence-corrected chi connectivity index (χ0v) is 18.3. The Morgan fingerprint density at radius 2 is 2.00 bits per heavy atom. The molecule has 7 nitrogen and oxygen atoms in total. The number of carbonyl (C=O) groups is 2. The molecule has 4 heterocycles. The number of pyridine rings is 1. The highest BCUT2D eigenvalue weighted by Gasteiger charge is 2.38. The molecule has 11 heteroatoms. The SMILES string of the molecule is O=C(c1nc2c(C(F)(F)F)cc(-c3ccoc3)cn2c1Br)N1CCN(C2CCC2)C(=O)C1. The van der Waals surface area contributed by atoms with E-state index in [0.29, 0.717) is 18.7 Å². The van der Waals surface area contributed by atoms with E-state index in [2.05, 4.69) is 20.9 Å². The minimum atomic E-state index is -4.68. The van der Waals surface area contributed by atoms with Crippen LogP contribution in [0.15, 0.2) is 39.9 Å². The smallest absolute Gasteiger partial charge is 0.420 e. The van der Waals surface area contributed by atoms with E-state index in [1.165, 1.54) is 28.0 Å². The molecule has 0 aromatic carbocycles. The van der Waals surface area contributed by atoms with Crippen LogP contribution >= 0.6 is 15.9 Å². The van der Waals surface area contributed by atoms with Crippen molar-refractivity contribution >= 4 is 33.4 Å². The Morgan fingerprint density at radius 3 is 2.59 bits per heavy atom. The van der Waals surface area contributed by atoms with Gasteiger partial charge in [0.15, 0.2) is 11.3 Å². The summed E-state index contributed by atoms with van der Waals surface area (Å²) < 4.78 is 47.7. The molecule has 2 aliphatic rings. The molecular weight excluding hydrogens is 493 g/mol. The summed E-state index contributed by atoms with van der Waals surface area (Å²) in [5, 5.41) is 0. The zero-order chi connectivity index (χ0) is 22.6. The summed E-state index contributed by atoms with van der Waals surface area (Å²) in [7, 11) is 0. The van der Waals surface area contributed by atoms with Gasteiger partial charge in [-0.3, -0.25) is 14.0 Å². The first kappa shape index (κ1) is 21.0. The van der Waals surface area contributed by atoms with E-state index in [-0.39, 0.29) is 40.0 Å². The number of nitrogens with zero attached hydrogens (tertiary/aromatic N) is 4. The molecule has 1 aliphatic heterocycles. The second-order valence-electron chi connectivity index (χ2n) is 8.00. The maximum absolute atomic E-state index is 13.8. The maximum Gasteiger partial charge on any atom is 0.420 e. The molecule has 32 heavy (non-hydrogen) atoms.